The molecular weight excluding hydrogens is 202 g/mol. The zero-order chi connectivity index (χ0) is 10.7. The van der Waals surface area contributed by atoms with Gasteiger partial charge in [-0.25, -0.2) is 0 Å². The Hall–Kier alpha value is 0.310. The number of rotatable bonds is 3. The van der Waals surface area contributed by atoms with E-state index >= 15 is 0 Å². The SMILES string of the molecule is CC1CCC(CNC2CCSC2C)CC1. The van der Waals surface area contributed by atoms with E-state index in [-0.39, 0.29) is 0 Å². The Morgan fingerprint density at radius 1 is 1.07 bits per heavy atom. The average Bonchev–Trinajstić information content (AvgIpc) is 2.63. The van der Waals surface area contributed by atoms with Gasteiger partial charge in [-0.2, -0.15) is 11.8 Å². The summed E-state index contributed by atoms with van der Waals surface area (Å²) in [5, 5.41) is 4.64. The minimum atomic E-state index is 0.800. The van der Waals surface area contributed by atoms with Crippen molar-refractivity contribution in [1.29, 1.82) is 0 Å². The van der Waals surface area contributed by atoms with Crippen LogP contribution in [0.2, 0.25) is 0 Å². The van der Waals surface area contributed by atoms with Gasteiger partial charge < -0.3 is 5.32 Å². The van der Waals surface area contributed by atoms with E-state index in [1.807, 2.05) is 0 Å². The molecule has 88 valence electrons. The van der Waals surface area contributed by atoms with Gasteiger partial charge in [0.2, 0.25) is 0 Å². The van der Waals surface area contributed by atoms with Crippen LogP contribution in [-0.4, -0.2) is 23.6 Å². The second-order valence-corrected chi connectivity index (χ2v) is 6.99. The van der Waals surface area contributed by atoms with Gasteiger partial charge in [-0.3, -0.25) is 0 Å². The highest BCUT2D eigenvalue weighted by molar-refractivity contribution is 8.00. The van der Waals surface area contributed by atoms with Crippen LogP contribution in [0.1, 0.15) is 46.0 Å². The minimum absolute atomic E-state index is 0.800. The summed E-state index contributed by atoms with van der Waals surface area (Å²) in [6.07, 6.45) is 7.22. The monoisotopic (exact) mass is 227 g/mol. The summed E-state index contributed by atoms with van der Waals surface area (Å²) < 4.78 is 0. The van der Waals surface area contributed by atoms with Crippen LogP contribution in [0.25, 0.3) is 0 Å². The predicted octanol–water partition coefficient (Wildman–Crippen LogP) is 3.30. The van der Waals surface area contributed by atoms with Gasteiger partial charge in [0.25, 0.3) is 0 Å². The normalized spacial score (nSPS) is 42.0. The lowest BCUT2D eigenvalue weighted by Crippen LogP contribution is -2.37. The number of hydrogen-bond donors (Lipinski definition) is 1. The molecule has 2 fully saturated rings. The Morgan fingerprint density at radius 2 is 1.80 bits per heavy atom. The molecule has 0 aromatic rings. The molecule has 0 radical (unpaired) electrons. The van der Waals surface area contributed by atoms with E-state index in [0.717, 1.165) is 23.1 Å². The third-order valence-electron chi connectivity index (χ3n) is 4.18. The molecule has 15 heavy (non-hydrogen) atoms. The van der Waals surface area contributed by atoms with E-state index in [9.17, 15) is 0 Å². The van der Waals surface area contributed by atoms with Gasteiger partial charge in [0, 0.05) is 11.3 Å². The Kier molecular flexibility index (Phi) is 4.39. The number of nitrogens with one attached hydrogen (secondary N) is 1. The molecule has 2 rings (SSSR count). The van der Waals surface area contributed by atoms with E-state index in [0.29, 0.717) is 0 Å². The standard InChI is InChI=1S/C13H25NS/c1-10-3-5-12(6-4-10)9-14-13-7-8-15-11(13)2/h10-14H,3-9H2,1-2H3. The van der Waals surface area contributed by atoms with E-state index < -0.39 is 0 Å². The molecule has 0 amide bonds. The first-order valence-corrected chi connectivity index (χ1v) is 7.65. The summed E-state index contributed by atoms with van der Waals surface area (Å²) in [6.45, 7) is 6.06. The molecule has 2 unspecified atom stereocenters. The Bertz CT molecular complexity index is 187. The van der Waals surface area contributed by atoms with Crippen molar-refractivity contribution < 1.29 is 0 Å². The zero-order valence-corrected chi connectivity index (χ0v) is 11.0. The quantitative estimate of drug-likeness (QED) is 0.794. The van der Waals surface area contributed by atoms with Crippen molar-refractivity contribution in [3.63, 3.8) is 0 Å². The van der Waals surface area contributed by atoms with E-state index in [1.54, 1.807) is 0 Å². The lowest BCUT2D eigenvalue weighted by molar-refractivity contribution is 0.273. The Labute approximate surface area is 98.8 Å². The molecular formula is C13H25NS. The maximum atomic E-state index is 3.80. The van der Waals surface area contributed by atoms with Crippen LogP contribution in [0.3, 0.4) is 0 Å². The van der Waals surface area contributed by atoms with Crippen LogP contribution in [0, 0.1) is 11.8 Å². The maximum Gasteiger partial charge on any atom is 0.0191 e. The maximum absolute atomic E-state index is 3.80. The molecule has 2 aliphatic rings. The van der Waals surface area contributed by atoms with E-state index in [1.165, 1.54) is 44.4 Å². The van der Waals surface area contributed by atoms with Crippen LogP contribution in [0.4, 0.5) is 0 Å². The van der Waals surface area contributed by atoms with Crippen molar-refractivity contribution in [2.45, 2.75) is 57.2 Å². The van der Waals surface area contributed by atoms with Gasteiger partial charge in [0.05, 0.1) is 0 Å². The molecule has 1 heterocycles. The second-order valence-electron chi connectivity index (χ2n) is 5.51. The minimum Gasteiger partial charge on any atom is -0.313 e. The second kappa shape index (κ2) is 5.58. The molecule has 1 aliphatic heterocycles. The lowest BCUT2D eigenvalue weighted by Gasteiger charge is -2.28. The van der Waals surface area contributed by atoms with Crippen molar-refractivity contribution in [2.75, 3.05) is 12.3 Å². The summed E-state index contributed by atoms with van der Waals surface area (Å²) in [5.74, 6) is 3.32. The van der Waals surface area contributed by atoms with Crippen LogP contribution in [0.15, 0.2) is 0 Å². The summed E-state index contributed by atoms with van der Waals surface area (Å²) >= 11 is 2.13. The molecule has 0 aromatic carbocycles. The molecule has 0 aromatic heterocycles. The molecule has 0 bridgehead atoms. The average molecular weight is 227 g/mol. The molecule has 1 aliphatic carbocycles. The summed E-state index contributed by atoms with van der Waals surface area (Å²) in [5.41, 5.74) is 0. The van der Waals surface area contributed by atoms with Gasteiger partial charge in [-0.1, -0.05) is 26.7 Å². The largest absolute Gasteiger partial charge is 0.313 e. The number of hydrogen-bond acceptors (Lipinski definition) is 2. The van der Waals surface area contributed by atoms with E-state index in [4.69, 9.17) is 0 Å². The van der Waals surface area contributed by atoms with Crippen molar-refractivity contribution in [1.82, 2.24) is 5.32 Å². The van der Waals surface area contributed by atoms with Gasteiger partial charge in [0.1, 0.15) is 0 Å². The Balaban J connectivity index is 1.65. The summed E-state index contributed by atoms with van der Waals surface area (Å²) in [6, 6.07) is 0.800. The highest BCUT2D eigenvalue weighted by Gasteiger charge is 2.25. The molecule has 1 N–H and O–H groups in total. The van der Waals surface area contributed by atoms with E-state index in [2.05, 4.69) is 30.9 Å². The summed E-state index contributed by atoms with van der Waals surface area (Å²) in [4.78, 5) is 0. The molecule has 1 nitrogen and oxygen atoms in total. The van der Waals surface area contributed by atoms with Gasteiger partial charge in [0.15, 0.2) is 0 Å². The highest BCUT2D eigenvalue weighted by atomic mass is 32.2. The molecule has 1 saturated carbocycles. The van der Waals surface area contributed by atoms with Crippen LogP contribution in [0.5, 0.6) is 0 Å². The molecule has 0 spiro atoms. The fourth-order valence-electron chi connectivity index (χ4n) is 2.85. The summed E-state index contributed by atoms with van der Waals surface area (Å²) in [7, 11) is 0. The first-order chi connectivity index (χ1) is 7.25. The fourth-order valence-corrected chi connectivity index (χ4v) is 4.08. The number of thioether (sulfide) groups is 1. The van der Waals surface area contributed by atoms with Crippen molar-refractivity contribution in [2.24, 2.45) is 11.8 Å². The van der Waals surface area contributed by atoms with Crippen molar-refractivity contribution >= 4 is 11.8 Å². The van der Waals surface area contributed by atoms with Gasteiger partial charge in [-0.05, 0) is 43.4 Å². The zero-order valence-electron chi connectivity index (χ0n) is 10.2. The van der Waals surface area contributed by atoms with Crippen molar-refractivity contribution in [3.8, 4) is 0 Å². The van der Waals surface area contributed by atoms with Crippen LogP contribution in [-0.2, 0) is 0 Å². The third-order valence-corrected chi connectivity index (χ3v) is 5.51. The van der Waals surface area contributed by atoms with Crippen LogP contribution >= 0.6 is 11.8 Å². The third kappa shape index (κ3) is 3.39. The topological polar surface area (TPSA) is 12.0 Å². The molecule has 1 saturated heterocycles. The smallest absolute Gasteiger partial charge is 0.0191 e. The van der Waals surface area contributed by atoms with Gasteiger partial charge >= 0.3 is 0 Å². The first-order valence-electron chi connectivity index (χ1n) is 6.60. The fraction of sp³-hybridized carbons (Fsp3) is 1.00. The predicted molar refractivity (Wildman–Crippen MR) is 69.4 cm³/mol. The molecule has 2 atom stereocenters. The Morgan fingerprint density at radius 3 is 2.40 bits per heavy atom. The lowest BCUT2D eigenvalue weighted by atomic mass is 9.83. The first kappa shape index (κ1) is 11.8. The molecule has 2 heteroatoms. The highest BCUT2D eigenvalue weighted by Crippen LogP contribution is 2.29. The van der Waals surface area contributed by atoms with Gasteiger partial charge in [-0.15, -0.1) is 0 Å². The van der Waals surface area contributed by atoms with Crippen molar-refractivity contribution in [3.05, 3.63) is 0 Å². The van der Waals surface area contributed by atoms with Crippen LogP contribution < -0.4 is 5.32 Å².